The Kier molecular flexibility index (Phi) is 5.02. The van der Waals surface area contributed by atoms with Crippen LogP contribution in [0.2, 0.25) is 0 Å². The average molecular weight is 486 g/mol. The summed E-state index contributed by atoms with van der Waals surface area (Å²) in [5.41, 5.74) is 8.26. The van der Waals surface area contributed by atoms with E-state index in [0.29, 0.717) is 5.69 Å². The van der Waals surface area contributed by atoms with Crippen LogP contribution in [0.3, 0.4) is 0 Å². The molecule has 0 radical (unpaired) electrons. The molecule has 5 heterocycles. The monoisotopic (exact) mass is 485 g/mol. The van der Waals surface area contributed by atoms with E-state index in [-0.39, 0.29) is 11.8 Å². The molecule has 3 N–H and O–H groups in total. The van der Waals surface area contributed by atoms with E-state index in [4.69, 9.17) is 0 Å². The molecular formula is C29H23N7O. The number of amides is 1. The largest absolute Gasteiger partial charge is 0.352 e. The third-order valence-electron chi connectivity index (χ3n) is 7.15. The van der Waals surface area contributed by atoms with E-state index in [1.54, 1.807) is 12.4 Å². The molecule has 0 bridgehead atoms. The minimum absolute atomic E-state index is 0.0803. The molecule has 6 aromatic rings. The molecule has 0 spiro atoms. The highest BCUT2D eigenvalue weighted by Gasteiger charge is 2.25. The number of nitrogens with one attached hydrogen (secondary N) is 3. The van der Waals surface area contributed by atoms with Crippen LogP contribution in [0.5, 0.6) is 0 Å². The van der Waals surface area contributed by atoms with Crippen molar-refractivity contribution in [3.63, 3.8) is 0 Å². The minimum Gasteiger partial charge on any atom is -0.352 e. The Morgan fingerprint density at radius 2 is 1.73 bits per heavy atom. The summed E-state index contributed by atoms with van der Waals surface area (Å²) >= 11 is 0. The van der Waals surface area contributed by atoms with Gasteiger partial charge in [-0.2, -0.15) is 5.10 Å². The quantitative estimate of drug-likeness (QED) is 0.279. The maximum absolute atomic E-state index is 12.4. The summed E-state index contributed by atoms with van der Waals surface area (Å²) in [5.74, 6) is 0.204. The molecule has 5 aromatic heterocycles. The third-order valence-corrected chi connectivity index (χ3v) is 7.15. The molecular weight excluding hydrogens is 462 g/mol. The zero-order valence-corrected chi connectivity index (χ0v) is 19.9. The van der Waals surface area contributed by atoms with E-state index >= 15 is 0 Å². The van der Waals surface area contributed by atoms with Crippen molar-refractivity contribution >= 4 is 33.4 Å². The summed E-state index contributed by atoms with van der Waals surface area (Å²) in [7, 11) is 0. The number of aromatic amines is 2. The van der Waals surface area contributed by atoms with Gasteiger partial charge in [0.15, 0.2) is 0 Å². The summed E-state index contributed by atoms with van der Waals surface area (Å²) in [4.78, 5) is 29.0. The highest BCUT2D eigenvalue weighted by molar-refractivity contribution is 6.01. The summed E-state index contributed by atoms with van der Waals surface area (Å²) < 4.78 is 0. The van der Waals surface area contributed by atoms with E-state index in [1.165, 1.54) is 0 Å². The summed E-state index contributed by atoms with van der Waals surface area (Å²) in [5, 5.41) is 12.9. The molecule has 1 aliphatic carbocycles. The first-order valence-electron chi connectivity index (χ1n) is 12.3. The number of carbonyl (C=O) groups excluding carboxylic acids is 1. The van der Waals surface area contributed by atoms with E-state index in [0.717, 1.165) is 74.7 Å². The van der Waals surface area contributed by atoms with Gasteiger partial charge in [0.2, 0.25) is 5.91 Å². The molecule has 0 unspecified atom stereocenters. The first-order valence-corrected chi connectivity index (χ1v) is 12.3. The molecule has 0 atom stereocenters. The van der Waals surface area contributed by atoms with Crippen LogP contribution in [0.25, 0.3) is 55.4 Å². The van der Waals surface area contributed by atoms with Crippen molar-refractivity contribution in [1.82, 2.24) is 30.1 Å². The predicted molar refractivity (Wildman–Crippen MR) is 144 cm³/mol. The van der Waals surface area contributed by atoms with Gasteiger partial charge >= 0.3 is 0 Å². The molecule has 0 aliphatic heterocycles. The number of carbonyl (C=O) groups is 1. The highest BCUT2D eigenvalue weighted by Crippen LogP contribution is 2.35. The van der Waals surface area contributed by atoms with Gasteiger partial charge in [-0.1, -0.05) is 18.6 Å². The highest BCUT2D eigenvalue weighted by atomic mass is 16.1. The Bertz CT molecular complexity index is 1770. The topological polar surface area (TPSA) is 112 Å². The SMILES string of the molecule is O=C(Nc1cncc(-c2ccc3[nH]nc(-c4cc5c(-c6cccnc6)cncc5[nH]4)c3c2)c1)C1CCC1. The van der Waals surface area contributed by atoms with Gasteiger partial charge in [-0.05, 0) is 48.7 Å². The number of rotatable bonds is 5. The second kappa shape index (κ2) is 8.67. The van der Waals surface area contributed by atoms with Crippen LogP contribution < -0.4 is 5.32 Å². The minimum atomic E-state index is 0.0803. The van der Waals surface area contributed by atoms with Crippen molar-refractivity contribution in [3.05, 3.63) is 79.6 Å². The second-order valence-corrected chi connectivity index (χ2v) is 9.48. The van der Waals surface area contributed by atoms with Crippen LogP contribution in [0.4, 0.5) is 5.69 Å². The fourth-order valence-corrected chi connectivity index (χ4v) is 4.91. The van der Waals surface area contributed by atoms with Crippen LogP contribution in [0.15, 0.2) is 79.6 Å². The number of hydrogen-bond donors (Lipinski definition) is 3. The molecule has 1 aromatic carbocycles. The van der Waals surface area contributed by atoms with Crippen molar-refractivity contribution in [1.29, 1.82) is 0 Å². The van der Waals surface area contributed by atoms with E-state index in [1.807, 2.05) is 55.1 Å². The normalized spacial score (nSPS) is 13.6. The maximum atomic E-state index is 12.4. The molecule has 0 saturated heterocycles. The van der Waals surface area contributed by atoms with Crippen LogP contribution in [0.1, 0.15) is 19.3 Å². The van der Waals surface area contributed by atoms with Crippen LogP contribution in [-0.2, 0) is 4.79 Å². The van der Waals surface area contributed by atoms with Crippen molar-refractivity contribution in [2.45, 2.75) is 19.3 Å². The summed E-state index contributed by atoms with van der Waals surface area (Å²) in [6, 6.07) is 14.2. The van der Waals surface area contributed by atoms with E-state index in [9.17, 15) is 4.79 Å². The smallest absolute Gasteiger partial charge is 0.227 e. The average Bonchev–Trinajstić information content (AvgIpc) is 3.52. The van der Waals surface area contributed by atoms with Crippen LogP contribution in [-0.4, -0.2) is 36.0 Å². The van der Waals surface area contributed by atoms with E-state index < -0.39 is 0 Å². The number of fused-ring (bicyclic) bond motifs is 2. The molecule has 1 saturated carbocycles. The second-order valence-electron chi connectivity index (χ2n) is 9.48. The number of benzene rings is 1. The van der Waals surface area contributed by atoms with Crippen molar-refractivity contribution in [3.8, 4) is 33.6 Å². The lowest BCUT2D eigenvalue weighted by Gasteiger charge is -2.24. The summed E-state index contributed by atoms with van der Waals surface area (Å²) in [6.45, 7) is 0. The molecule has 8 heteroatoms. The summed E-state index contributed by atoms with van der Waals surface area (Å²) in [6.07, 6.45) is 13.9. The number of aromatic nitrogens is 6. The lowest BCUT2D eigenvalue weighted by Crippen LogP contribution is -2.28. The van der Waals surface area contributed by atoms with Crippen LogP contribution in [0, 0.1) is 5.92 Å². The van der Waals surface area contributed by atoms with Gasteiger partial charge in [0, 0.05) is 58.2 Å². The Balaban J connectivity index is 1.26. The van der Waals surface area contributed by atoms with Gasteiger partial charge in [-0.25, -0.2) is 0 Å². The number of anilines is 1. The Morgan fingerprint density at radius 3 is 2.57 bits per heavy atom. The molecule has 8 nitrogen and oxygen atoms in total. The Hall–Kier alpha value is -4.85. The van der Waals surface area contributed by atoms with Gasteiger partial charge in [-0.15, -0.1) is 0 Å². The van der Waals surface area contributed by atoms with Gasteiger partial charge in [0.1, 0.15) is 5.69 Å². The molecule has 7 rings (SSSR count). The van der Waals surface area contributed by atoms with Crippen molar-refractivity contribution in [2.75, 3.05) is 5.32 Å². The zero-order chi connectivity index (χ0) is 24.8. The van der Waals surface area contributed by atoms with Gasteiger partial charge in [-0.3, -0.25) is 24.8 Å². The molecule has 1 fully saturated rings. The molecule has 180 valence electrons. The number of nitrogens with zero attached hydrogens (tertiary/aromatic N) is 4. The standard InChI is InChI=1S/C29H23N7O/c37-29(17-3-1-4-17)33-21-9-20(13-31-14-21)18-6-7-25-23(10-18)28(36-35-25)26-11-22-24(15-32-16-27(22)34-26)19-5-2-8-30-12-19/h2,5-17,34H,1,3-4H2,(H,33,37)(H,35,36). The lowest BCUT2D eigenvalue weighted by molar-refractivity contribution is -0.122. The van der Waals surface area contributed by atoms with Gasteiger partial charge in [0.05, 0.1) is 34.8 Å². The third kappa shape index (κ3) is 3.83. The first-order chi connectivity index (χ1) is 18.2. The molecule has 1 aliphatic rings. The number of hydrogen-bond acceptors (Lipinski definition) is 5. The van der Waals surface area contributed by atoms with Crippen LogP contribution >= 0.6 is 0 Å². The van der Waals surface area contributed by atoms with Crippen molar-refractivity contribution < 1.29 is 4.79 Å². The predicted octanol–water partition coefficient (Wildman–Crippen LogP) is 5.97. The fourth-order valence-electron chi connectivity index (χ4n) is 4.91. The van der Waals surface area contributed by atoms with E-state index in [2.05, 4.69) is 47.6 Å². The van der Waals surface area contributed by atoms with Gasteiger partial charge in [0.25, 0.3) is 0 Å². The Morgan fingerprint density at radius 1 is 0.838 bits per heavy atom. The maximum Gasteiger partial charge on any atom is 0.227 e. The molecule has 37 heavy (non-hydrogen) atoms. The molecule has 1 amide bonds. The van der Waals surface area contributed by atoms with Gasteiger partial charge < -0.3 is 10.3 Å². The fraction of sp³-hybridized carbons (Fsp3) is 0.138. The zero-order valence-electron chi connectivity index (χ0n) is 19.9. The number of H-pyrrole nitrogens is 2. The first kappa shape index (κ1) is 21.4. The van der Waals surface area contributed by atoms with Crippen molar-refractivity contribution in [2.24, 2.45) is 5.92 Å². The number of pyridine rings is 3. The lowest BCUT2D eigenvalue weighted by atomic mass is 9.85. The Labute approximate surface area is 212 Å².